The van der Waals surface area contributed by atoms with Gasteiger partial charge in [-0.15, -0.1) is 0 Å². The molecule has 1 saturated heterocycles. The Labute approximate surface area is 86.5 Å². The van der Waals surface area contributed by atoms with E-state index >= 15 is 0 Å². The minimum absolute atomic E-state index is 0.0533. The summed E-state index contributed by atoms with van der Waals surface area (Å²) in [5, 5.41) is 0. The highest BCUT2D eigenvalue weighted by atomic mass is 31.2. The van der Waals surface area contributed by atoms with Crippen molar-refractivity contribution < 1.29 is 18.1 Å². The molecule has 1 aliphatic rings. The van der Waals surface area contributed by atoms with Gasteiger partial charge >= 0.3 is 8.17 Å². The van der Waals surface area contributed by atoms with Crippen LogP contribution in [-0.2, 0) is 18.1 Å². The largest absolute Gasteiger partial charge is 0.575 e. The van der Waals surface area contributed by atoms with Gasteiger partial charge < -0.3 is 0 Å². The SMILES string of the molecule is CCO[P+]1(OCC)OCC(C)(C)CO1. The smallest absolute Gasteiger partial charge is 0.153 e. The molecule has 0 N–H and O–H groups in total. The van der Waals surface area contributed by atoms with Gasteiger partial charge in [-0.25, -0.2) is 0 Å². The first-order valence-corrected chi connectivity index (χ1v) is 6.47. The van der Waals surface area contributed by atoms with E-state index in [-0.39, 0.29) is 5.41 Å². The lowest BCUT2D eigenvalue weighted by molar-refractivity contribution is -0.0308. The molecule has 5 heteroatoms. The summed E-state index contributed by atoms with van der Waals surface area (Å²) in [6.45, 7) is 10.4. The van der Waals surface area contributed by atoms with Crippen LogP contribution in [0.5, 0.6) is 0 Å². The molecular weight excluding hydrogens is 203 g/mol. The quantitative estimate of drug-likeness (QED) is 0.687. The summed E-state index contributed by atoms with van der Waals surface area (Å²) in [6, 6.07) is 0. The highest BCUT2D eigenvalue weighted by Gasteiger charge is 2.54. The van der Waals surface area contributed by atoms with Crippen molar-refractivity contribution in [3.63, 3.8) is 0 Å². The van der Waals surface area contributed by atoms with E-state index in [2.05, 4.69) is 13.8 Å². The van der Waals surface area contributed by atoms with Gasteiger partial charge in [0.2, 0.25) is 0 Å². The van der Waals surface area contributed by atoms with Crippen LogP contribution in [0, 0.1) is 5.41 Å². The van der Waals surface area contributed by atoms with E-state index in [4.69, 9.17) is 18.1 Å². The number of rotatable bonds is 4. The van der Waals surface area contributed by atoms with Crippen molar-refractivity contribution in [3.8, 4) is 0 Å². The maximum absolute atomic E-state index is 5.61. The minimum Gasteiger partial charge on any atom is -0.153 e. The molecule has 0 bridgehead atoms. The molecule has 0 saturated carbocycles. The third-order valence-electron chi connectivity index (χ3n) is 1.80. The standard InChI is InChI=1S/C9H20O4P/c1-5-10-14(11-6-2)12-7-9(3,4)8-13-14/h5-8H2,1-4H3/q+1. The Morgan fingerprint density at radius 3 is 1.86 bits per heavy atom. The molecule has 0 radical (unpaired) electrons. The molecule has 0 amide bonds. The average Bonchev–Trinajstić information content (AvgIpc) is 2.12. The van der Waals surface area contributed by atoms with Crippen LogP contribution in [0.1, 0.15) is 27.7 Å². The molecular formula is C9H20O4P+. The fraction of sp³-hybridized carbons (Fsp3) is 1.00. The molecule has 0 spiro atoms. The lowest BCUT2D eigenvalue weighted by atomic mass is 9.97. The van der Waals surface area contributed by atoms with E-state index in [0.29, 0.717) is 26.4 Å². The van der Waals surface area contributed by atoms with Crippen LogP contribution in [0.4, 0.5) is 0 Å². The third kappa shape index (κ3) is 3.14. The van der Waals surface area contributed by atoms with E-state index in [1.165, 1.54) is 0 Å². The van der Waals surface area contributed by atoms with Crippen LogP contribution < -0.4 is 0 Å². The van der Waals surface area contributed by atoms with Gasteiger partial charge in [0.1, 0.15) is 13.2 Å². The zero-order valence-electron chi connectivity index (χ0n) is 9.41. The third-order valence-corrected chi connectivity index (χ3v) is 3.84. The van der Waals surface area contributed by atoms with Gasteiger partial charge in [-0.1, -0.05) is 13.8 Å². The molecule has 0 aliphatic carbocycles. The van der Waals surface area contributed by atoms with E-state index in [1.807, 2.05) is 13.8 Å². The molecule has 0 unspecified atom stereocenters. The molecule has 84 valence electrons. The number of hydrogen-bond donors (Lipinski definition) is 0. The highest BCUT2D eigenvalue weighted by Crippen LogP contribution is 2.66. The first-order valence-electron chi connectivity index (χ1n) is 5.01. The van der Waals surface area contributed by atoms with E-state index in [0.717, 1.165) is 0 Å². The topological polar surface area (TPSA) is 36.9 Å². The van der Waals surface area contributed by atoms with Crippen molar-refractivity contribution in [2.45, 2.75) is 27.7 Å². The predicted molar refractivity (Wildman–Crippen MR) is 55.9 cm³/mol. The molecule has 1 heterocycles. The van der Waals surface area contributed by atoms with Gasteiger partial charge in [-0.2, -0.15) is 18.1 Å². The molecule has 1 fully saturated rings. The summed E-state index contributed by atoms with van der Waals surface area (Å²) in [6.07, 6.45) is 0. The molecule has 0 aromatic rings. The van der Waals surface area contributed by atoms with E-state index in [9.17, 15) is 0 Å². The van der Waals surface area contributed by atoms with Crippen LogP contribution in [0.3, 0.4) is 0 Å². The second kappa shape index (κ2) is 4.86. The van der Waals surface area contributed by atoms with Gasteiger partial charge in [0, 0.05) is 5.41 Å². The molecule has 1 aliphatic heterocycles. The Hall–Kier alpha value is 0.270. The Kier molecular flexibility index (Phi) is 4.29. The number of hydrogen-bond acceptors (Lipinski definition) is 4. The Morgan fingerprint density at radius 1 is 1.07 bits per heavy atom. The van der Waals surface area contributed by atoms with Gasteiger partial charge in [-0.05, 0) is 13.8 Å². The molecule has 14 heavy (non-hydrogen) atoms. The Morgan fingerprint density at radius 2 is 1.50 bits per heavy atom. The van der Waals surface area contributed by atoms with E-state index < -0.39 is 8.17 Å². The van der Waals surface area contributed by atoms with Crippen LogP contribution in [-0.4, -0.2) is 26.4 Å². The molecule has 0 atom stereocenters. The first-order chi connectivity index (χ1) is 6.54. The van der Waals surface area contributed by atoms with Crippen molar-refractivity contribution in [2.24, 2.45) is 5.41 Å². The monoisotopic (exact) mass is 223 g/mol. The summed E-state index contributed by atoms with van der Waals surface area (Å²) in [4.78, 5) is 0. The van der Waals surface area contributed by atoms with Crippen molar-refractivity contribution in [1.29, 1.82) is 0 Å². The lowest BCUT2D eigenvalue weighted by Crippen LogP contribution is -2.32. The van der Waals surface area contributed by atoms with Crippen LogP contribution in [0.2, 0.25) is 0 Å². The van der Waals surface area contributed by atoms with Crippen LogP contribution in [0.25, 0.3) is 0 Å². The Balaban J connectivity index is 2.54. The van der Waals surface area contributed by atoms with Crippen LogP contribution >= 0.6 is 8.17 Å². The normalized spacial score (nSPS) is 24.9. The summed E-state index contributed by atoms with van der Waals surface area (Å²) < 4.78 is 22.1. The zero-order chi connectivity index (χ0) is 10.7. The second-order valence-corrected chi connectivity index (χ2v) is 5.92. The zero-order valence-corrected chi connectivity index (χ0v) is 10.3. The van der Waals surface area contributed by atoms with Crippen molar-refractivity contribution >= 4 is 8.17 Å². The summed E-state index contributed by atoms with van der Waals surface area (Å²) >= 11 is 0. The van der Waals surface area contributed by atoms with Gasteiger partial charge in [0.05, 0.1) is 13.2 Å². The lowest BCUT2D eigenvalue weighted by Gasteiger charge is -2.31. The Bertz CT molecular complexity index is 166. The summed E-state index contributed by atoms with van der Waals surface area (Å²) in [5.74, 6) is 0. The fourth-order valence-corrected chi connectivity index (χ4v) is 3.18. The summed E-state index contributed by atoms with van der Waals surface area (Å²) in [7, 11) is -2.47. The minimum atomic E-state index is -2.47. The van der Waals surface area contributed by atoms with Crippen molar-refractivity contribution in [3.05, 3.63) is 0 Å². The maximum atomic E-state index is 5.61. The molecule has 1 rings (SSSR count). The average molecular weight is 223 g/mol. The van der Waals surface area contributed by atoms with Gasteiger partial charge in [0.25, 0.3) is 0 Å². The van der Waals surface area contributed by atoms with Crippen molar-refractivity contribution in [2.75, 3.05) is 26.4 Å². The summed E-state index contributed by atoms with van der Waals surface area (Å²) in [5.41, 5.74) is 0.0533. The van der Waals surface area contributed by atoms with Gasteiger partial charge in [0.15, 0.2) is 0 Å². The predicted octanol–water partition coefficient (Wildman–Crippen LogP) is 2.81. The maximum Gasteiger partial charge on any atom is 0.575 e. The highest BCUT2D eigenvalue weighted by molar-refractivity contribution is 7.56. The van der Waals surface area contributed by atoms with Crippen LogP contribution in [0.15, 0.2) is 0 Å². The first kappa shape index (κ1) is 12.3. The molecule has 4 nitrogen and oxygen atoms in total. The van der Waals surface area contributed by atoms with Gasteiger partial charge in [-0.3, -0.25) is 0 Å². The molecule has 0 aromatic carbocycles. The second-order valence-electron chi connectivity index (χ2n) is 3.99. The van der Waals surface area contributed by atoms with E-state index in [1.54, 1.807) is 0 Å². The fourth-order valence-electron chi connectivity index (χ4n) is 1.09. The van der Waals surface area contributed by atoms with Crippen molar-refractivity contribution in [1.82, 2.24) is 0 Å². The molecule has 0 aromatic heterocycles.